The minimum absolute atomic E-state index is 0.0854. The average molecular weight is 252 g/mol. The van der Waals surface area contributed by atoms with Crippen LogP contribution in [-0.4, -0.2) is 12.5 Å². The van der Waals surface area contributed by atoms with E-state index in [1.807, 2.05) is 0 Å². The van der Waals surface area contributed by atoms with Gasteiger partial charge in [0.1, 0.15) is 0 Å². The Morgan fingerprint density at radius 3 is 2.27 bits per heavy atom. The van der Waals surface area contributed by atoms with Gasteiger partial charge in [-0.2, -0.15) is 0 Å². The molecule has 1 aliphatic rings. The van der Waals surface area contributed by atoms with Crippen LogP contribution >= 0.6 is 23.2 Å². The zero-order valence-electron chi connectivity index (χ0n) is 7.74. The van der Waals surface area contributed by atoms with Gasteiger partial charge in [-0.3, -0.25) is 0 Å². The van der Waals surface area contributed by atoms with E-state index in [0.717, 1.165) is 0 Å². The first-order valence-electron chi connectivity index (χ1n) is 4.46. The van der Waals surface area contributed by atoms with Crippen LogP contribution < -0.4 is 5.73 Å². The molecule has 0 heterocycles. The zero-order chi connectivity index (χ0) is 11.3. The maximum atomic E-state index is 13.2. The first-order valence-corrected chi connectivity index (χ1v) is 5.22. The summed E-state index contributed by atoms with van der Waals surface area (Å²) in [7, 11) is 0. The van der Waals surface area contributed by atoms with Gasteiger partial charge in [-0.1, -0.05) is 29.3 Å². The summed E-state index contributed by atoms with van der Waals surface area (Å²) in [6.07, 6.45) is -0.214. The van der Waals surface area contributed by atoms with Gasteiger partial charge in [-0.05, 0) is 17.7 Å². The van der Waals surface area contributed by atoms with E-state index in [1.54, 1.807) is 6.07 Å². The van der Waals surface area contributed by atoms with E-state index < -0.39 is 11.3 Å². The van der Waals surface area contributed by atoms with Gasteiger partial charge >= 0.3 is 0 Å². The highest BCUT2D eigenvalue weighted by molar-refractivity contribution is 6.42. The Labute approximate surface area is 96.2 Å². The lowest BCUT2D eigenvalue weighted by molar-refractivity contribution is 0.0896. The fourth-order valence-corrected chi connectivity index (χ4v) is 2.08. The minimum atomic E-state index is -2.72. The van der Waals surface area contributed by atoms with Crippen molar-refractivity contribution < 1.29 is 8.78 Å². The third kappa shape index (κ3) is 1.53. The number of benzene rings is 1. The fourth-order valence-electron chi connectivity index (χ4n) is 1.78. The monoisotopic (exact) mass is 251 g/mol. The minimum Gasteiger partial charge on any atom is -0.329 e. The Morgan fingerprint density at radius 2 is 1.87 bits per heavy atom. The third-order valence-corrected chi connectivity index (χ3v) is 3.66. The molecule has 0 spiro atoms. The number of nitrogens with two attached hydrogens (primary N) is 1. The average Bonchev–Trinajstić information content (AvgIpc) is 2.75. The molecule has 1 saturated carbocycles. The highest BCUT2D eigenvalue weighted by atomic mass is 35.5. The Hall–Kier alpha value is -0.380. The van der Waals surface area contributed by atoms with E-state index in [9.17, 15) is 8.78 Å². The Morgan fingerprint density at radius 1 is 1.27 bits per heavy atom. The SMILES string of the molecule is NCC1(c2ccc(Cl)c(Cl)c2)CC1(F)F. The predicted octanol–water partition coefficient (Wildman–Crippen LogP) is 3.23. The van der Waals surface area contributed by atoms with Crippen molar-refractivity contribution in [1.29, 1.82) is 0 Å². The molecule has 82 valence electrons. The Kier molecular flexibility index (Phi) is 2.45. The van der Waals surface area contributed by atoms with Crippen LogP contribution in [0.15, 0.2) is 18.2 Å². The molecule has 0 saturated heterocycles. The molecule has 1 unspecified atom stereocenters. The maximum Gasteiger partial charge on any atom is 0.260 e. The van der Waals surface area contributed by atoms with Crippen LogP contribution in [0.2, 0.25) is 10.0 Å². The largest absolute Gasteiger partial charge is 0.329 e. The van der Waals surface area contributed by atoms with Gasteiger partial charge in [0, 0.05) is 13.0 Å². The summed E-state index contributed by atoms with van der Waals surface area (Å²) in [5, 5.41) is 0.640. The zero-order valence-corrected chi connectivity index (χ0v) is 9.25. The number of rotatable bonds is 2. The second-order valence-corrected chi connectivity index (χ2v) is 4.61. The van der Waals surface area contributed by atoms with Crippen LogP contribution in [0.1, 0.15) is 12.0 Å². The molecular weight excluding hydrogens is 243 g/mol. The molecule has 0 amide bonds. The van der Waals surface area contributed by atoms with Crippen LogP contribution in [0.3, 0.4) is 0 Å². The summed E-state index contributed by atoms with van der Waals surface area (Å²) in [4.78, 5) is 0. The standard InChI is InChI=1S/C10H9Cl2F2N/c11-7-2-1-6(3-8(7)12)9(5-15)4-10(9,13)14/h1-3H,4-5,15H2. The molecular formula is C10H9Cl2F2N. The van der Waals surface area contributed by atoms with Crippen molar-refractivity contribution >= 4 is 23.2 Å². The number of hydrogen-bond acceptors (Lipinski definition) is 1. The summed E-state index contributed by atoms with van der Waals surface area (Å²) < 4.78 is 26.4. The molecule has 1 nitrogen and oxygen atoms in total. The molecule has 0 bridgehead atoms. The molecule has 1 atom stereocenters. The highest BCUT2D eigenvalue weighted by Gasteiger charge is 2.71. The van der Waals surface area contributed by atoms with Crippen molar-refractivity contribution in [2.45, 2.75) is 17.8 Å². The van der Waals surface area contributed by atoms with Gasteiger partial charge in [0.2, 0.25) is 0 Å². The lowest BCUT2D eigenvalue weighted by Crippen LogP contribution is -2.26. The van der Waals surface area contributed by atoms with Gasteiger partial charge in [0.25, 0.3) is 5.92 Å². The van der Waals surface area contributed by atoms with Crippen molar-refractivity contribution in [2.75, 3.05) is 6.54 Å². The summed E-state index contributed by atoms with van der Waals surface area (Å²) in [5.74, 6) is -2.72. The molecule has 1 fully saturated rings. The van der Waals surface area contributed by atoms with Crippen LogP contribution in [0, 0.1) is 0 Å². The van der Waals surface area contributed by atoms with Crippen molar-refractivity contribution in [2.24, 2.45) is 5.73 Å². The lowest BCUT2D eigenvalue weighted by atomic mass is 9.95. The maximum absolute atomic E-state index is 13.2. The Bertz CT molecular complexity index is 408. The summed E-state index contributed by atoms with van der Waals surface area (Å²) in [6, 6.07) is 4.55. The topological polar surface area (TPSA) is 26.0 Å². The third-order valence-electron chi connectivity index (χ3n) is 2.92. The summed E-state index contributed by atoms with van der Waals surface area (Å²) in [6.45, 7) is -0.0854. The van der Waals surface area contributed by atoms with Crippen LogP contribution in [0.4, 0.5) is 8.78 Å². The molecule has 0 aliphatic heterocycles. The van der Waals surface area contributed by atoms with Gasteiger partial charge in [0.05, 0.1) is 15.5 Å². The predicted molar refractivity (Wildman–Crippen MR) is 56.8 cm³/mol. The van der Waals surface area contributed by atoms with E-state index in [-0.39, 0.29) is 18.0 Å². The van der Waals surface area contributed by atoms with Crippen molar-refractivity contribution in [3.05, 3.63) is 33.8 Å². The van der Waals surface area contributed by atoms with E-state index in [0.29, 0.717) is 10.6 Å². The van der Waals surface area contributed by atoms with Crippen molar-refractivity contribution in [1.82, 2.24) is 0 Å². The van der Waals surface area contributed by atoms with E-state index in [1.165, 1.54) is 12.1 Å². The first kappa shape index (κ1) is 11.1. The van der Waals surface area contributed by atoms with E-state index in [2.05, 4.69) is 0 Å². The number of alkyl halides is 2. The second-order valence-electron chi connectivity index (χ2n) is 3.80. The molecule has 2 N–H and O–H groups in total. The second kappa shape index (κ2) is 3.30. The van der Waals surface area contributed by atoms with Gasteiger partial charge in [-0.25, -0.2) is 8.78 Å². The van der Waals surface area contributed by atoms with Crippen LogP contribution in [0.25, 0.3) is 0 Å². The molecule has 2 rings (SSSR count). The normalized spacial score (nSPS) is 27.8. The van der Waals surface area contributed by atoms with E-state index >= 15 is 0 Å². The molecule has 15 heavy (non-hydrogen) atoms. The first-order chi connectivity index (χ1) is 6.93. The van der Waals surface area contributed by atoms with Gasteiger partial charge in [0.15, 0.2) is 0 Å². The van der Waals surface area contributed by atoms with E-state index in [4.69, 9.17) is 28.9 Å². The van der Waals surface area contributed by atoms with Crippen molar-refractivity contribution in [3.8, 4) is 0 Å². The van der Waals surface area contributed by atoms with Crippen LogP contribution in [-0.2, 0) is 5.41 Å². The molecule has 1 aliphatic carbocycles. The van der Waals surface area contributed by atoms with Crippen LogP contribution in [0.5, 0.6) is 0 Å². The molecule has 5 heteroatoms. The summed E-state index contributed by atoms with van der Waals surface area (Å²) >= 11 is 11.5. The fraction of sp³-hybridized carbons (Fsp3) is 0.400. The highest BCUT2D eigenvalue weighted by Crippen LogP contribution is 2.61. The van der Waals surface area contributed by atoms with Gasteiger partial charge < -0.3 is 5.73 Å². The molecule has 1 aromatic carbocycles. The quantitative estimate of drug-likeness (QED) is 0.859. The van der Waals surface area contributed by atoms with Gasteiger partial charge in [-0.15, -0.1) is 0 Å². The lowest BCUT2D eigenvalue weighted by Gasteiger charge is -2.14. The molecule has 0 radical (unpaired) electrons. The van der Waals surface area contributed by atoms with Crippen molar-refractivity contribution in [3.63, 3.8) is 0 Å². The number of halogens is 4. The Balaban J connectivity index is 2.42. The molecule has 1 aromatic rings. The smallest absolute Gasteiger partial charge is 0.260 e. The molecule has 0 aromatic heterocycles. The number of hydrogen-bond donors (Lipinski definition) is 1. The summed E-state index contributed by atoms with van der Waals surface area (Å²) in [5.41, 5.74) is 4.64.